The highest BCUT2D eigenvalue weighted by Crippen LogP contribution is 2.39. The van der Waals surface area contributed by atoms with Crippen LogP contribution >= 0.6 is 11.8 Å². The molecule has 1 N–H and O–H groups in total. The Morgan fingerprint density at radius 1 is 0.788 bits per heavy atom. The molecule has 6 nitrogen and oxygen atoms in total. The Morgan fingerprint density at radius 3 is 2.03 bits per heavy atom. The quantitative estimate of drug-likeness (QED) is 0.482. The lowest BCUT2D eigenvalue weighted by Gasteiger charge is -2.16. The molecule has 3 aromatic carbocycles. The summed E-state index contributed by atoms with van der Waals surface area (Å²) in [6.07, 6.45) is 0. The first-order valence-electron chi connectivity index (χ1n) is 10.3. The van der Waals surface area contributed by atoms with E-state index >= 15 is 0 Å². The maximum Gasteiger partial charge on any atom is 0.283 e. The Kier molecular flexibility index (Phi) is 6.42. The van der Waals surface area contributed by atoms with Gasteiger partial charge >= 0.3 is 0 Å². The normalized spacial score (nSPS) is 13.5. The maximum absolute atomic E-state index is 13.5. The summed E-state index contributed by atoms with van der Waals surface area (Å²) in [6, 6.07) is 20.3. The molecular weight excluding hydrogens is 436 g/mol. The van der Waals surface area contributed by atoms with E-state index in [2.05, 4.69) is 5.32 Å². The van der Waals surface area contributed by atoms with Gasteiger partial charge in [-0.15, -0.1) is 0 Å². The van der Waals surface area contributed by atoms with Crippen molar-refractivity contribution in [2.75, 3.05) is 24.4 Å². The Morgan fingerprint density at radius 2 is 1.42 bits per heavy atom. The molecule has 1 aliphatic heterocycles. The SMILES string of the molecule is COc1ccc(OC)c(NC2=C(Sc3ccc(C)cc3)C(=O)N(c3ccc(C)cc3)C2=O)c1. The number of thioether (sulfide) groups is 1. The Balaban J connectivity index is 1.78. The van der Waals surface area contributed by atoms with Gasteiger partial charge < -0.3 is 14.8 Å². The minimum Gasteiger partial charge on any atom is -0.497 e. The average molecular weight is 461 g/mol. The molecule has 0 saturated carbocycles. The Labute approximate surface area is 197 Å². The zero-order valence-corrected chi connectivity index (χ0v) is 19.7. The summed E-state index contributed by atoms with van der Waals surface area (Å²) in [4.78, 5) is 29.4. The van der Waals surface area contributed by atoms with Gasteiger partial charge in [-0.25, -0.2) is 4.90 Å². The number of nitrogens with zero attached hydrogens (tertiary/aromatic N) is 1. The number of ether oxygens (including phenoxy) is 2. The molecule has 3 aromatic rings. The third kappa shape index (κ3) is 4.59. The number of benzene rings is 3. The molecule has 0 fully saturated rings. The van der Waals surface area contributed by atoms with Crippen molar-refractivity contribution in [2.24, 2.45) is 0 Å². The highest BCUT2D eigenvalue weighted by atomic mass is 32.2. The number of carbonyl (C=O) groups is 2. The van der Waals surface area contributed by atoms with E-state index in [9.17, 15) is 9.59 Å². The van der Waals surface area contributed by atoms with Crippen LogP contribution in [0, 0.1) is 13.8 Å². The molecule has 2 amide bonds. The van der Waals surface area contributed by atoms with Gasteiger partial charge in [0.2, 0.25) is 0 Å². The van der Waals surface area contributed by atoms with Crippen molar-refractivity contribution in [3.63, 3.8) is 0 Å². The van der Waals surface area contributed by atoms with E-state index in [-0.39, 0.29) is 11.6 Å². The number of imide groups is 1. The van der Waals surface area contributed by atoms with Gasteiger partial charge in [0.15, 0.2) is 0 Å². The van der Waals surface area contributed by atoms with Gasteiger partial charge in [0.25, 0.3) is 11.8 Å². The third-order valence-corrected chi connectivity index (χ3v) is 6.33. The van der Waals surface area contributed by atoms with Gasteiger partial charge in [-0.2, -0.15) is 0 Å². The number of rotatable bonds is 7. The minimum absolute atomic E-state index is 0.192. The molecule has 0 saturated heterocycles. The number of aryl methyl sites for hydroxylation is 2. The zero-order chi connectivity index (χ0) is 23.5. The lowest BCUT2D eigenvalue weighted by molar-refractivity contribution is -0.120. The second-order valence-electron chi connectivity index (χ2n) is 7.59. The molecule has 4 rings (SSSR count). The van der Waals surface area contributed by atoms with Crippen molar-refractivity contribution < 1.29 is 19.1 Å². The summed E-state index contributed by atoms with van der Waals surface area (Å²) in [5.41, 5.74) is 3.40. The van der Waals surface area contributed by atoms with Gasteiger partial charge in [0.1, 0.15) is 22.1 Å². The van der Waals surface area contributed by atoms with Crippen molar-refractivity contribution in [3.05, 3.63) is 88.5 Å². The van der Waals surface area contributed by atoms with Gasteiger partial charge in [0.05, 0.1) is 25.6 Å². The van der Waals surface area contributed by atoms with Gasteiger partial charge in [-0.05, 0) is 50.2 Å². The molecule has 0 aromatic heterocycles. The van der Waals surface area contributed by atoms with Crippen LogP contribution in [0.1, 0.15) is 11.1 Å². The molecule has 0 bridgehead atoms. The summed E-state index contributed by atoms with van der Waals surface area (Å²) < 4.78 is 10.8. The third-order valence-electron chi connectivity index (χ3n) is 5.24. The van der Waals surface area contributed by atoms with E-state index in [4.69, 9.17) is 9.47 Å². The first-order valence-corrected chi connectivity index (χ1v) is 11.2. The molecule has 0 radical (unpaired) electrons. The fourth-order valence-electron chi connectivity index (χ4n) is 3.41. The smallest absolute Gasteiger partial charge is 0.283 e. The highest BCUT2D eigenvalue weighted by molar-refractivity contribution is 8.04. The molecule has 0 atom stereocenters. The summed E-state index contributed by atoms with van der Waals surface area (Å²) >= 11 is 1.26. The fraction of sp³-hybridized carbons (Fsp3) is 0.154. The fourth-order valence-corrected chi connectivity index (χ4v) is 4.34. The zero-order valence-electron chi connectivity index (χ0n) is 18.8. The van der Waals surface area contributed by atoms with Crippen LogP contribution in [0.3, 0.4) is 0 Å². The number of amides is 2. The maximum atomic E-state index is 13.5. The van der Waals surface area contributed by atoms with E-state index in [1.807, 2.05) is 50.2 Å². The summed E-state index contributed by atoms with van der Waals surface area (Å²) in [5.74, 6) is 0.318. The molecule has 168 valence electrons. The first-order chi connectivity index (χ1) is 15.9. The van der Waals surface area contributed by atoms with Gasteiger partial charge in [-0.1, -0.05) is 47.2 Å². The van der Waals surface area contributed by atoms with E-state index in [0.29, 0.717) is 27.8 Å². The number of nitrogens with one attached hydrogen (secondary N) is 1. The summed E-state index contributed by atoms with van der Waals surface area (Å²) in [7, 11) is 3.11. The van der Waals surface area contributed by atoms with E-state index in [1.54, 1.807) is 44.6 Å². The lowest BCUT2D eigenvalue weighted by atomic mass is 10.2. The number of carbonyl (C=O) groups excluding carboxylic acids is 2. The second-order valence-corrected chi connectivity index (χ2v) is 8.68. The predicted molar refractivity (Wildman–Crippen MR) is 131 cm³/mol. The molecule has 1 aliphatic rings. The van der Waals surface area contributed by atoms with E-state index < -0.39 is 5.91 Å². The predicted octanol–water partition coefficient (Wildman–Crippen LogP) is 5.31. The van der Waals surface area contributed by atoms with Crippen molar-refractivity contribution in [2.45, 2.75) is 18.7 Å². The Hall–Kier alpha value is -3.71. The van der Waals surface area contributed by atoms with Crippen LogP contribution in [-0.4, -0.2) is 26.0 Å². The molecule has 0 unspecified atom stereocenters. The number of hydrogen-bond acceptors (Lipinski definition) is 6. The highest BCUT2D eigenvalue weighted by Gasteiger charge is 2.40. The van der Waals surface area contributed by atoms with Crippen molar-refractivity contribution >= 4 is 35.0 Å². The van der Waals surface area contributed by atoms with Crippen LogP contribution < -0.4 is 19.7 Å². The average Bonchev–Trinajstić information content (AvgIpc) is 3.05. The van der Waals surface area contributed by atoms with Crippen LogP contribution in [0.4, 0.5) is 11.4 Å². The van der Waals surface area contributed by atoms with Crippen molar-refractivity contribution in [3.8, 4) is 11.5 Å². The Bertz CT molecular complexity index is 1230. The molecule has 1 heterocycles. The second kappa shape index (κ2) is 9.42. The van der Waals surface area contributed by atoms with Gasteiger partial charge in [-0.3, -0.25) is 9.59 Å². The van der Waals surface area contributed by atoms with Crippen LogP contribution in [0.2, 0.25) is 0 Å². The lowest BCUT2D eigenvalue weighted by Crippen LogP contribution is -2.32. The van der Waals surface area contributed by atoms with Crippen LogP contribution in [0.15, 0.2) is 82.2 Å². The first kappa shape index (κ1) is 22.5. The standard InChI is InChI=1S/C26H24N2O4S/c1-16-5-9-18(10-6-16)28-25(29)23(27-21-15-19(31-3)11-14-22(21)32-4)24(26(28)30)33-20-12-7-17(2)8-13-20/h5-15,27H,1-4H3. The number of methoxy groups -OCH3 is 2. The molecule has 7 heteroatoms. The van der Waals surface area contributed by atoms with Crippen molar-refractivity contribution in [1.29, 1.82) is 0 Å². The van der Waals surface area contributed by atoms with Crippen LogP contribution in [0.25, 0.3) is 0 Å². The molecule has 33 heavy (non-hydrogen) atoms. The van der Waals surface area contributed by atoms with E-state index in [1.165, 1.54) is 16.7 Å². The largest absolute Gasteiger partial charge is 0.497 e. The molecule has 0 spiro atoms. The molecular formula is C26H24N2O4S. The minimum atomic E-state index is -0.427. The van der Waals surface area contributed by atoms with Gasteiger partial charge in [0, 0.05) is 11.0 Å². The summed E-state index contributed by atoms with van der Waals surface area (Å²) in [6.45, 7) is 3.95. The van der Waals surface area contributed by atoms with E-state index in [0.717, 1.165) is 16.0 Å². The summed E-state index contributed by atoms with van der Waals surface area (Å²) in [5, 5.41) is 3.15. The number of anilines is 2. The monoisotopic (exact) mass is 460 g/mol. The topological polar surface area (TPSA) is 67.9 Å². The molecule has 0 aliphatic carbocycles. The van der Waals surface area contributed by atoms with Crippen LogP contribution in [-0.2, 0) is 9.59 Å². The van der Waals surface area contributed by atoms with Crippen LogP contribution in [0.5, 0.6) is 11.5 Å². The number of hydrogen-bond donors (Lipinski definition) is 1. The van der Waals surface area contributed by atoms with Crippen molar-refractivity contribution in [1.82, 2.24) is 0 Å².